The van der Waals surface area contributed by atoms with Gasteiger partial charge in [-0.05, 0) is 79.6 Å². The van der Waals surface area contributed by atoms with Gasteiger partial charge in [-0.15, -0.1) is 0 Å². The van der Waals surface area contributed by atoms with Crippen molar-refractivity contribution in [2.75, 3.05) is 6.61 Å². The number of ketones is 2. The van der Waals surface area contributed by atoms with E-state index in [1.54, 1.807) is 0 Å². The van der Waals surface area contributed by atoms with Gasteiger partial charge in [0.15, 0.2) is 11.6 Å². The lowest BCUT2D eigenvalue weighted by Crippen LogP contribution is -2.51. The zero-order valence-electron chi connectivity index (χ0n) is 15.0. The lowest BCUT2D eigenvalue weighted by Gasteiger charge is -2.58. The Morgan fingerprint density at radius 1 is 1.12 bits per heavy atom. The third-order valence-electron chi connectivity index (χ3n) is 8.51. The lowest BCUT2D eigenvalue weighted by atomic mass is 9.48. The van der Waals surface area contributed by atoms with Crippen LogP contribution in [0.5, 0.6) is 0 Å². The normalized spacial score (nSPS) is 47.5. The summed E-state index contributed by atoms with van der Waals surface area (Å²) in [6, 6.07) is 0. The smallest absolute Gasteiger partial charge is 0.161 e. The van der Waals surface area contributed by atoms with Crippen LogP contribution in [0.2, 0.25) is 0 Å². The Bertz CT molecular complexity index is 606. The summed E-state index contributed by atoms with van der Waals surface area (Å²) in [5.74, 6) is 2.42. The molecule has 4 aliphatic rings. The maximum absolute atomic E-state index is 12.3. The van der Waals surface area contributed by atoms with Crippen LogP contribution in [0.25, 0.3) is 0 Å². The minimum atomic E-state index is -0.298. The van der Waals surface area contributed by atoms with Crippen molar-refractivity contribution in [3.05, 3.63) is 11.6 Å². The molecule has 1 N–H and O–H groups in total. The van der Waals surface area contributed by atoms with E-state index in [-0.39, 0.29) is 29.1 Å². The molecule has 24 heavy (non-hydrogen) atoms. The molecule has 4 unspecified atom stereocenters. The maximum Gasteiger partial charge on any atom is 0.161 e. The van der Waals surface area contributed by atoms with Gasteiger partial charge < -0.3 is 5.11 Å². The summed E-state index contributed by atoms with van der Waals surface area (Å²) in [5.41, 5.74) is 1.70. The Balaban J connectivity index is 1.65. The van der Waals surface area contributed by atoms with Crippen LogP contribution in [0.1, 0.15) is 65.2 Å². The second-order valence-corrected chi connectivity index (χ2v) is 9.27. The van der Waals surface area contributed by atoms with Crippen molar-refractivity contribution >= 4 is 11.6 Å². The molecule has 4 aliphatic carbocycles. The molecule has 3 fully saturated rings. The van der Waals surface area contributed by atoms with E-state index in [1.807, 2.05) is 6.08 Å². The predicted molar refractivity (Wildman–Crippen MR) is 92.3 cm³/mol. The van der Waals surface area contributed by atoms with Crippen LogP contribution < -0.4 is 0 Å². The van der Waals surface area contributed by atoms with Crippen LogP contribution in [-0.4, -0.2) is 23.3 Å². The first-order valence-corrected chi connectivity index (χ1v) is 9.77. The van der Waals surface area contributed by atoms with Crippen molar-refractivity contribution in [2.45, 2.75) is 65.2 Å². The van der Waals surface area contributed by atoms with E-state index >= 15 is 0 Å². The van der Waals surface area contributed by atoms with E-state index in [0.717, 1.165) is 32.1 Å². The molecule has 0 heterocycles. The van der Waals surface area contributed by atoms with E-state index in [9.17, 15) is 14.7 Å². The molecule has 0 aromatic carbocycles. The summed E-state index contributed by atoms with van der Waals surface area (Å²) in [6.45, 7) is 4.42. The van der Waals surface area contributed by atoms with Crippen LogP contribution >= 0.6 is 0 Å². The minimum Gasteiger partial charge on any atom is -0.389 e. The number of aliphatic hydroxyl groups excluding tert-OH is 1. The van der Waals surface area contributed by atoms with Crippen molar-refractivity contribution < 1.29 is 14.7 Å². The number of allylic oxidation sites excluding steroid dienone is 1. The summed E-state index contributed by atoms with van der Waals surface area (Å²) < 4.78 is 0. The largest absolute Gasteiger partial charge is 0.389 e. The number of rotatable bonds is 2. The zero-order chi connectivity index (χ0) is 17.1. The second-order valence-electron chi connectivity index (χ2n) is 9.27. The highest BCUT2D eigenvalue weighted by atomic mass is 16.3. The Labute approximate surface area is 144 Å². The molecule has 3 nitrogen and oxygen atoms in total. The number of fused-ring (bicyclic) bond motifs is 5. The molecule has 0 spiro atoms. The fourth-order valence-electron chi connectivity index (χ4n) is 7.20. The van der Waals surface area contributed by atoms with E-state index in [1.165, 1.54) is 18.4 Å². The van der Waals surface area contributed by atoms with Gasteiger partial charge in [-0.25, -0.2) is 0 Å². The van der Waals surface area contributed by atoms with E-state index < -0.39 is 0 Å². The summed E-state index contributed by atoms with van der Waals surface area (Å²) >= 11 is 0. The molecule has 0 amide bonds. The van der Waals surface area contributed by atoms with Crippen LogP contribution in [-0.2, 0) is 9.59 Å². The van der Waals surface area contributed by atoms with Gasteiger partial charge in [-0.1, -0.05) is 19.4 Å². The first-order valence-electron chi connectivity index (χ1n) is 9.77. The van der Waals surface area contributed by atoms with Crippen molar-refractivity contribution in [3.8, 4) is 0 Å². The van der Waals surface area contributed by atoms with Gasteiger partial charge in [0.25, 0.3) is 0 Å². The molecule has 0 saturated heterocycles. The van der Waals surface area contributed by atoms with Crippen LogP contribution in [0, 0.1) is 34.5 Å². The number of aliphatic hydroxyl groups is 1. The minimum absolute atomic E-state index is 0.0596. The molecule has 0 radical (unpaired) electrons. The predicted octanol–water partition coefficient (Wildman–Crippen LogP) is 3.70. The fraction of sp³-hybridized carbons (Fsp3) is 0.810. The molecule has 132 valence electrons. The summed E-state index contributed by atoms with van der Waals surface area (Å²) in [5, 5.41) is 9.36. The monoisotopic (exact) mass is 333 g/mol. The SMILES string of the molecule is C[C@]12CCC3C(CCC4=[13CH][13C](=O)[13CH2]C[C@@]43C)C1CCC2C(=O)CO. The Morgan fingerprint density at radius 3 is 2.67 bits per heavy atom. The maximum atomic E-state index is 12.3. The third kappa shape index (κ3) is 2.13. The lowest BCUT2D eigenvalue weighted by molar-refractivity contribution is -0.133. The Morgan fingerprint density at radius 2 is 1.92 bits per heavy atom. The average molecular weight is 333 g/mol. The second kappa shape index (κ2) is 5.52. The van der Waals surface area contributed by atoms with Gasteiger partial charge in [0.1, 0.15) is 6.61 Å². The third-order valence-corrected chi connectivity index (χ3v) is 8.51. The van der Waals surface area contributed by atoms with Crippen LogP contribution in [0.4, 0.5) is 0 Å². The Hall–Kier alpha value is -0.960. The topological polar surface area (TPSA) is 54.4 Å². The van der Waals surface area contributed by atoms with E-state index in [4.69, 9.17) is 0 Å². The molecular weight excluding hydrogens is 303 g/mol. The quantitative estimate of drug-likeness (QED) is 0.784. The molecule has 4 rings (SSSR count). The molecule has 0 bridgehead atoms. The van der Waals surface area contributed by atoms with Crippen molar-refractivity contribution in [2.24, 2.45) is 34.5 Å². The zero-order valence-corrected chi connectivity index (χ0v) is 15.0. The highest BCUT2D eigenvalue weighted by Crippen LogP contribution is 2.66. The molecule has 3 saturated carbocycles. The highest BCUT2D eigenvalue weighted by Gasteiger charge is 2.59. The van der Waals surface area contributed by atoms with Crippen molar-refractivity contribution in [1.82, 2.24) is 0 Å². The number of carbonyl (C=O) groups is 2. The number of hydrogen-bond acceptors (Lipinski definition) is 3. The average Bonchev–Trinajstić information content (AvgIpc) is 2.92. The first kappa shape index (κ1) is 16.5. The molecule has 0 aromatic rings. The van der Waals surface area contributed by atoms with Gasteiger partial charge in [0.2, 0.25) is 0 Å². The number of carbonyl (C=O) groups excluding carboxylic acids is 2. The van der Waals surface area contributed by atoms with Crippen molar-refractivity contribution in [1.29, 1.82) is 0 Å². The number of hydrogen-bond donors (Lipinski definition) is 1. The highest BCUT2D eigenvalue weighted by molar-refractivity contribution is 5.91. The number of Topliss-reactive ketones (excluding diaryl/α,β-unsaturated/α-hetero) is 1. The van der Waals surface area contributed by atoms with Gasteiger partial charge in [-0.2, -0.15) is 0 Å². The van der Waals surface area contributed by atoms with Gasteiger partial charge >= 0.3 is 0 Å². The summed E-state index contributed by atoms with van der Waals surface area (Å²) in [4.78, 5) is 24.1. The van der Waals surface area contributed by atoms with Gasteiger partial charge in [0, 0.05) is 12.3 Å². The van der Waals surface area contributed by atoms with Crippen LogP contribution in [0.15, 0.2) is 11.6 Å². The molecule has 0 aliphatic heterocycles. The molecule has 0 aromatic heterocycles. The van der Waals surface area contributed by atoms with Crippen LogP contribution in [0.3, 0.4) is 0 Å². The summed E-state index contributed by atoms with van der Waals surface area (Å²) in [6.07, 6.45) is 10.3. The standard InChI is InChI=1S/C21H30O3/c1-20-9-7-14(23)11-13(20)3-4-15-16-5-6-18(19(24)12-22)21(16,2)10-8-17(15)20/h11,15-18,22H,3-10,12H2,1-2H3/t15?,16?,17?,18?,20-,21-/m0/s1/i7+1,11+1,14+1. The van der Waals surface area contributed by atoms with E-state index in [2.05, 4.69) is 13.8 Å². The first-order chi connectivity index (χ1) is 11.4. The summed E-state index contributed by atoms with van der Waals surface area (Å²) in [7, 11) is 0. The molecule has 6 atom stereocenters. The fourth-order valence-corrected chi connectivity index (χ4v) is 7.20. The van der Waals surface area contributed by atoms with Gasteiger partial charge in [-0.3, -0.25) is 9.59 Å². The van der Waals surface area contributed by atoms with E-state index in [0.29, 0.717) is 30.0 Å². The molecule has 3 heteroatoms. The van der Waals surface area contributed by atoms with Crippen molar-refractivity contribution in [3.63, 3.8) is 0 Å². The van der Waals surface area contributed by atoms with Gasteiger partial charge in [0.05, 0.1) is 0 Å². The molecular formula is C21H30O3. The Kier molecular flexibility index (Phi) is 3.80.